The van der Waals surface area contributed by atoms with Gasteiger partial charge in [-0.15, -0.1) is 0 Å². The molecular weight excluding hydrogens is 258 g/mol. The molecule has 1 aromatic carbocycles. The molecule has 1 unspecified atom stereocenters. The molecule has 1 N–H and O–H groups in total. The summed E-state index contributed by atoms with van der Waals surface area (Å²) in [5, 5.41) is 8.90. The summed E-state index contributed by atoms with van der Waals surface area (Å²) < 4.78 is 4.70. The van der Waals surface area contributed by atoms with Crippen LogP contribution in [0, 0.1) is 5.92 Å². The molecule has 0 aliphatic heterocycles. The van der Waals surface area contributed by atoms with Gasteiger partial charge in [-0.25, -0.2) is 0 Å². The number of ether oxygens (including phenoxy) is 1. The average molecular weight is 279 g/mol. The Morgan fingerprint density at radius 1 is 1.30 bits per heavy atom. The normalized spacial score (nSPS) is 12.2. The lowest BCUT2D eigenvalue weighted by atomic mass is 10.0. The van der Waals surface area contributed by atoms with E-state index < -0.39 is 5.97 Å². The Labute approximate surface area is 119 Å². The van der Waals surface area contributed by atoms with Gasteiger partial charge in [0.05, 0.1) is 19.4 Å². The summed E-state index contributed by atoms with van der Waals surface area (Å²) in [5.41, 5.74) is 1.77. The van der Waals surface area contributed by atoms with Crippen LogP contribution >= 0.6 is 0 Å². The van der Waals surface area contributed by atoms with E-state index in [0.717, 1.165) is 11.1 Å². The van der Waals surface area contributed by atoms with Crippen LogP contribution in [0.3, 0.4) is 0 Å². The van der Waals surface area contributed by atoms with Crippen molar-refractivity contribution >= 4 is 11.9 Å². The number of hydrogen-bond donors (Lipinski definition) is 1. The largest absolute Gasteiger partial charge is 0.481 e. The molecule has 5 heteroatoms. The number of carboxylic acid groups (broad SMARTS) is 1. The van der Waals surface area contributed by atoms with Crippen LogP contribution in [-0.2, 0) is 27.3 Å². The highest BCUT2D eigenvalue weighted by Crippen LogP contribution is 2.13. The quantitative estimate of drug-likeness (QED) is 0.767. The van der Waals surface area contributed by atoms with Gasteiger partial charge in [0.2, 0.25) is 0 Å². The maximum atomic E-state index is 11.4. The Kier molecular flexibility index (Phi) is 6.18. The maximum absolute atomic E-state index is 11.4. The van der Waals surface area contributed by atoms with Crippen LogP contribution < -0.4 is 0 Å². The summed E-state index contributed by atoms with van der Waals surface area (Å²) in [6, 6.07) is 7.45. The van der Waals surface area contributed by atoms with Crippen LogP contribution in [0.2, 0.25) is 0 Å². The van der Waals surface area contributed by atoms with E-state index in [9.17, 15) is 9.59 Å². The zero-order valence-corrected chi connectivity index (χ0v) is 12.1. The molecule has 0 aliphatic carbocycles. The van der Waals surface area contributed by atoms with Gasteiger partial charge >= 0.3 is 11.9 Å². The second-order valence-electron chi connectivity index (χ2n) is 4.96. The number of benzene rings is 1. The molecule has 20 heavy (non-hydrogen) atoms. The monoisotopic (exact) mass is 279 g/mol. The molecule has 5 nitrogen and oxygen atoms in total. The van der Waals surface area contributed by atoms with Crippen LogP contribution in [0.15, 0.2) is 24.3 Å². The summed E-state index contributed by atoms with van der Waals surface area (Å²) >= 11 is 0. The molecule has 0 spiro atoms. The number of esters is 1. The molecule has 0 amide bonds. The van der Waals surface area contributed by atoms with E-state index in [1.165, 1.54) is 7.11 Å². The Morgan fingerprint density at radius 2 is 1.90 bits per heavy atom. The minimum absolute atomic E-state index is 0.0105. The van der Waals surface area contributed by atoms with Gasteiger partial charge in [0.25, 0.3) is 0 Å². The molecule has 0 saturated carbocycles. The van der Waals surface area contributed by atoms with Crippen molar-refractivity contribution in [1.82, 2.24) is 4.90 Å². The molecule has 0 aromatic heterocycles. The number of hydrogen-bond acceptors (Lipinski definition) is 4. The Balaban J connectivity index is 2.68. The van der Waals surface area contributed by atoms with Gasteiger partial charge in [-0.3, -0.25) is 9.59 Å². The van der Waals surface area contributed by atoms with Gasteiger partial charge in [0.1, 0.15) is 0 Å². The highest BCUT2D eigenvalue weighted by Gasteiger charge is 2.16. The summed E-state index contributed by atoms with van der Waals surface area (Å²) in [6.45, 7) is 2.98. The van der Waals surface area contributed by atoms with Crippen molar-refractivity contribution in [3.8, 4) is 0 Å². The topological polar surface area (TPSA) is 66.8 Å². The molecule has 0 aliphatic rings. The van der Waals surface area contributed by atoms with Gasteiger partial charge in [-0.2, -0.15) is 0 Å². The van der Waals surface area contributed by atoms with Crippen LogP contribution in [-0.4, -0.2) is 42.6 Å². The summed E-state index contributed by atoms with van der Waals surface area (Å²) in [7, 11) is 3.28. The zero-order chi connectivity index (χ0) is 15.1. The fraction of sp³-hybridized carbons (Fsp3) is 0.467. The molecule has 110 valence electrons. The van der Waals surface area contributed by atoms with Crippen LogP contribution in [0.25, 0.3) is 0 Å². The Morgan fingerprint density at radius 3 is 2.45 bits per heavy atom. The molecule has 0 heterocycles. The van der Waals surface area contributed by atoms with Crippen molar-refractivity contribution in [2.24, 2.45) is 5.92 Å². The van der Waals surface area contributed by atoms with Gasteiger partial charge in [-0.1, -0.05) is 31.2 Å². The van der Waals surface area contributed by atoms with Gasteiger partial charge in [0.15, 0.2) is 0 Å². The molecule has 1 aromatic rings. The number of carboxylic acids is 1. The molecule has 0 bridgehead atoms. The fourth-order valence-corrected chi connectivity index (χ4v) is 2.15. The minimum atomic E-state index is -0.844. The number of carbonyl (C=O) groups excluding carboxylic acids is 1. The fourth-order valence-electron chi connectivity index (χ4n) is 2.15. The van der Waals surface area contributed by atoms with E-state index in [1.54, 1.807) is 0 Å². The van der Waals surface area contributed by atoms with Crippen molar-refractivity contribution in [3.05, 3.63) is 35.4 Å². The summed E-state index contributed by atoms with van der Waals surface area (Å²) in [5.74, 6) is -1.30. The Hall–Kier alpha value is -1.88. The van der Waals surface area contributed by atoms with Crippen molar-refractivity contribution in [1.29, 1.82) is 0 Å². The smallest absolute Gasteiger partial charge is 0.309 e. The van der Waals surface area contributed by atoms with Gasteiger partial charge in [-0.05, 0) is 18.2 Å². The first kappa shape index (κ1) is 16.2. The predicted molar refractivity (Wildman–Crippen MR) is 75.3 cm³/mol. The zero-order valence-electron chi connectivity index (χ0n) is 12.1. The lowest BCUT2D eigenvalue weighted by molar-refractivity contribution is -0.145. The maximum Gasteiger partial charge on any atom is 0.309 e. The van der Waals surface area contributed by atoms with Crippen molar-refractivity contribution < 1.29 is 19.4 Å². The predicted octanol–water partition coefficient (Wildman–Crippen LogP) is 1.55. The van der Waals surface area contributed by atoms with Crippen LogP contribution in [0.1, 0.15) is 18.1 Å². The molecule has 1 atom stereocenters. The highest BCUT2D eigenvalue weighted by atomic mass is 16.5. The van der Waals surface area contributed by atoms with Crippen molar-refractivity contribution in [2.75, 3.05) is 20.7 Å². The summed E-state index contributed by atoms with van der Waals surface area (Å²) in [6.07, 6.45) is 0.0105. The van der Waals surface area contributed by atoms with Crippen molar-refractivity contribution in [3.63, 3.8) is 0 Å². The van der Waals surface area contributed by atoms with E-state index in [0.29, 0.717) is 13.1 Å². The first-order chi connectivity index (χ1) is 9.43. The third-order valence-corrected chi connectivity index (χ3v) is 3.09. The number of rotatable bonds is 7. The number of methoxy groups -OCH3 is 1. The van der Waals surface area contributed by atoms with E-state index in [-0.39, 0.29) is 18.3 Å². The third-order valence-electron chi connectivity index (χ3n) is 3.09. The standard InChI is InChI=1S/C15H21NO4/c1-11(15(19)20-3)9-16(2)10-13-7-5-4-6-12(13)8-14(17)18/h4-7,11H,8-10H2,1-3H3,(H,17,18). The lowest BCUT2D eigenvalue weighted by Gasteiger charge is -2.21. The molecular formula is C15H21NO4. The Bertz CT molecular complexity index is 473. The summed E-state index contributed by atoms with van der Waals surface area (Å²) in [4.78, 5) is 24.2. The van der Waals surface area contributed by atoms with Gasteiger partial charge in [0, 0.05) is 13.1 Å². The number of carbonyl (C=O) groups is 2. The van der Waals surface area contributed by atoms with E-state index in [1.807, 2.05) is 43.1 Å². The second kappa shape index (κ2) is 7.65. The van der Waals surface area contributed by atoms with Crippen LogP contribution in [0.5, 0.6) is 0 Å². The third kappa shape index (κ3) is 5.01. The molecule has 0 radical (unpaired) electrons. The van der Waals surface area contributed by atoms with Crippen LogP contribution in [0.4, 0.5) is 0 Å². The number of aliphatic carboxylic acids is 1. The molecule has 1 rings (SSSR count). The minimum Gasteiger partial charge on any atom is -0.481 e. The second-order valence-corrected chi connectivity index (χ2v) is 4.96. The van der Waals surface area contributed by atoms with E-state index in [2.05, 4.69) is 0 Å². The van der Waals surface area contributed by atoms with E-state index >= 15 is 0 Å². The molecule has 0 fully saturated rings. The average Bonchev–Trinajstić information content (AvgIpc) is 2.39. The highest BCUT2D eigenvalue weighted by molar-refractivity contribution is 5.72. The molecule has 0 saturated heterocycles. The van der Waals surface area contributed by atoms with E-state index in [4.69, 9.17) is 9.84 Å². The first-order valence-electron chi connectivity index (χ1n) is 6.49. The van der Waals surface area contributed by atoms with Gasteiger partial charge < -0.3 is 14.7 Å². The lowest BCUT2D eigenvalue weighted by Crippen LogP contribution is -2.29. The number of nitrogens with zero attached hydrogens (tertiary/aromatic N) is 1. The SMILES string of the molecule is COC(=O)C(C)CN(C)Cc1ccccc1CC(=O)O. The van der Waals surface area contributed by atoms with Crippen molar-refractivity contribution in [2.45, 2.75) is 19.9 Å². The first-order valence-corrected chi connectivity index (χ1v) is 6.49.